The highest BCUT2D eigenvalue weighted by Gasteiger charge is 2.11. The molecular formula is C15H17NO4. The fourth-order valence-electron chi connectivity index (χ4n) is 1.83. The van der Waals surface area contributed by atoms with E-state index in [2.05, 4.69) is 0 Å². The number of rotatable bonds is 5. The molecule has 1 aromatic carbocycles. The van der Waals surface area contributed by atoms with E-state index in [1.807, 2.05) is 31.2 Å². The lowest BCUT2D eigenvalue weighted by atomic mass is 10.1. The quantitative estimate of drug-likeness (QED) is 0.877. The molecule has 5 nitrogen and oxygen atoms in total. The van der Waals surface area contributed by atoms with Crippen molar-refractivity contribution in [1.29, 1.82) is 0 Å². The third-order valence-electron chi connectivity index (χ3n) is 2.96. The van der Waals surface area contributed by atoms with Crippen molar-refractivity contribution in [1.82, 2.24) is 4.73 Å². The van der Waals surface area contributed by atoms with E-state index in [9.17, 15) is 15.0 Å². The smallest absolute Gasteiger partial charge is 0.333 e. The van der Waals surface area contributed by atoms with Gasteiger partial charge in [-0.1, -0.05) is 29.8 Å². The summed E-state index contributed by atoms with van der Waals surface area (Å²) in [6, 6.07) is 10.6. The van der Waals surface area contributed by atoms with E-state index < -0.39 is 5.97 Å². The summed E-state index contributed by atoms with van der Waals surface area (Å²) in [7, 11) is 0. The van der Waals surface area contributed by atoms with Gasteiger partial charge in [-0.3, -0.25) is 0 Å². The zero-order chi connectivity index (χ0) is 14.5. The normalized spacial score (nSPS) is 10.4. The summed E-state index contributed by atoms with van der Waals surface area (Å²) < 4.78 is 0.703. The van der Waals surface area contributed by atoms with E-state index >= 15 is 0 Å². The minimum Gasteiger partial charge on any atom is -0.492 e. The van der Waals surface area contributed by atoms with Crippen molar-refractivity contribution in [3.8, 4) is 11.8 Å². The second-order valence-corrected chi connectivity index (χ2v) is 4.65. The maximum atomic E-state index is 11.6. The molecule has 1 heterocycles. The summed E-state index contributed by atoms with van der Waals surface area (Å²) >= 11 is 0. The van der Waals surface area contributed by atoms with Crippen LogP contribution in [0.15, 0.2) is 36.4 Å². The molecular weight excluding hydrogens is 258 g/mol. The fraction of sp³-hybridized carbons (Fsp3) is 0.267. The van der Waals surface area contributed by atoms with Crippen LogP contribution in [0, 0.1) is 6.92 Å². The monoisotopic (exact) mass is 275 g/mol. The summed E-state index contributed by atoms with van der Waals surface area (Å²) in [4.78, 5) is 16.4. The SMILES string of the molecule is Cc1ccc(CCCC(=O)On2c(O)ccc2O)cc1. The van der Waals surface area contributed by atoms with E-state index in [0.717, 1.165) is 12.0 Å². The third-order valence-corrected chi connectivity index (χ3v) is 2.96. The number of benzene rings is 1. The lowest BCUT2D eigenvalue weighted by Crippen LogP contribution is -2.18. The van der Waals surface area contributed by atoms with Crippen molar-refractivity contribution in [3.63, 3.8) is 0 Å². The van der Waals surface area contributed by atoms with Crippen LogP contribution in [0.25, 0.3) is 0 Å². The molecule has 0 aliphatic rings. The molecule has 106 valence electrons. The van der Waals surface area contributed by atoms with Crippen molar-refractivity contribution >= 4 is 5.97 Å². The van der Waals surface area contributed by atoms with E-state index in [1.54, 1.807) is 0 Å². The minimum atomic E-state index is -0.501. The lowest BCUT2D eigenvalue weighted by Gasteiger charge is -2.07. The summed E-state index contributed by atoms with van der Waals surface area (Å²) in [5.41, 5.74) is 2.36. The predicted molar refractivity (Wildman–Crippen MR) is 73.5 cm³/mol. The molecule has 1 aromatic heterocycles. The van der Waals surface area contributed by atoms with E-state index in [4.69, 9.17) is 4.84 Å². The predicted octanol–water partition coefficient (Wildman–Crippen LogP) is 2.19. The second kappa shape index (κ2) is 6.14. The number of carbonyl (C=O) groups excluding carboxylic acids is 1. The minimum absolute atomic E-state index is 0.213. The van der Waals surface area contributed by atoms with Crippen molar-refractivity contribution < 1.29 is 19.8 Å². The summed E-state index contributed by atoms with van der Waals surface area (Å²) in [6.45, 7) is 2.02. The largest absolute Gasteiger partial charge is 0.492 e. The van der Waals surface area contributed by atoms with Gasteiger partial charge in [0.15, 0.2) is 0 Å². The van der Waals surface area contributed by atoms with Gasteiger partial charge in [-0.05, 0) is 25.3 Å². The maximum absolute atomic E-state index is 11.6. The van der Waals surface area contributed by atoms with Gasteiger partial charge in [0.25, 0.3) is 0 Å². The van der Waals surface area contributed by atoms with Crippen LogP contribution in [-0.4, -0.2) is 20.9 Å². The molecule has 0 spiro atoms. The van der Waals surface area contributed by atoms with Gasteiger partial charge in [0.2, 0.25) is 11.8 Å². The highest BCUT2D eigenvalue weighted by atomic mass is 16.7. The van der Waals surface area contributed by atoms with E-state index in [0.29, 0.717) is 11.2 Å². The standard InChI is InChI=1S/C15H17NO4/c1-11-5-7-12(8-6-11)3-2-4-15(19)20-16-13(17)9-10-14(16)18/h5-10,17-18H,2-4H2,1H3. The Labute approximate surface area is 117 Å². The molecule has 0 aliphatic heterocycles. The van der Waals surface area contributed by atoms with Crippen LogP contribution in [0.4, 0.5) is 0 Å². The molecule has 2 rings (SSSR count). The van der Waals surface area contributed by atoms with Crippen molar-refractivity contribution in [2.45, 2.75) is 26.2 Å². The van der Waals surface area contributed by atoms with Crippen molar-refractivity contribution in [2.75, 3.05) is 0 Å². The number of carbonyl (C=O) groups is 1. The maximum Gasteiger partial charge on any atom is 0.333 e. The Morgan fingerprint density at radius 3 is 2.30 bits per heavy atom. The molecule has 5 heteroatoms. The molecule has 0 fully saturated rings. The van der Waals surface area contributed by atoms with E-state index in [1.165, 1.54) is 17.7 Å². The van der Waals surface area contributed by atoms with Crippen LogP contribution in [0.2, 0.25) is 0 Å². The van der Waals surface area contributed by atoms with Crippen molar-refractivity contribution in [3.05, 3.63) is 47.5 Å². The molecule has 0 bridgehead atoms. The highest BCUT2D eigenvalue weighted by Crippen LogP contribution is 2.19. The molecule has 0 unspecified atom stereocenters. The molecule has 0 saturated heterocycles. The van der Waals surface area contributed by atoms with Gasteiger partial charge in [0.1, 0.15) is 0 Å². The Morgan fingerprint density at radius 1 is 1.10 bits per heavy atom. The zero-order valence-electron chi connectivity index (χ0n) is 11.2. The van der Waals surface area contributed by atoms with Crippen LogP contribution < -0.4 is 4.84 Å². The number of hydrogen-bond donors (Lipinski definition) is 2. The fourth-order valence-corrected chi connectivity index (χ4v) is 1.83. The highest BCUT2D eigenvalue weighted by molar-refractivity contribution is 5.69. The first kappa shape index (κ1) is 14.0. The van der Waals surface area contributed by atoms with E-state index in [-0.39, 0.29) is 18.2 Å². The Bertz CT molecular complexity index is 567. The molecule has 2 N–H and O–H groups in total. The Morgan fingerprint density at radius 2 is 1.70 bits per heavy atom. The van der Waals surface area contributed by atoms with Crippen molar-refractivity contribution in [2.24, 2.45) is 0 Å². The first-order chi connectivity index (χ1) is 9.56. The molecule has 0 amide bonds. The number of nitrogens with zero attached hydrogens (tertiary/aromatic N) is 1. The van der Waals surface area contributed by atoms with Gasteiger partial charge in [0.05, 0.1) is 0 Å². The molecule has 0 atom stereocenters. The zero-order valence-corrected chi connectivity index (χ0v) is 11.2. The molecule has 0 aliphatic carbocycles. The van der Waals surface area contributed by atoms with Gasteiger partial charge in [0, 0.05) is 18.6 Å². The average Bonchev–Trinajstić information content (AvgIpc) is 2.73. The third kappa shape index (κ3) is 3.54. The van der Waals surface area contributed by atoms with Crippen LogP contribution in [-0.2, 0) is 11.2 Å². The Kier molecular flexibility index (Phi) is 4.30. The summed E-state index contributed by atoms with van der Waals surface area (Å²) in [5.74, 6) is -1.12. The lowest BCUT2D eigenvalue weighted by molar-refractivity contribution is -0.145. The van der Waals surface area contributed by atoms with Gasteiger partial charge in [-0.25, -0.2) is 4.79 Å². The van der Waals surface area contributed by atoms with Crippen LogP contribution in [0.1, 0.15) is 24.0 Å². The van der Waals surface area contributed by atoms with Gasteiger partial charge < -0.3 is 15.1 Å². The van der Waals surface area contributed by atoms with Crippen LogP contribution in [0.3, 0.4) is 0 Å². The number of aromatic nitrogens is 1. The van der Waals surface area contributed by atoms with Crippen LogP contribution >= 0.6 is 0 Å². The second-order valence-electron chi connectivity index (χ2n) is 4.65. The Balaban J connectivity index is 1.80. The summed E-state index contributed by atoms with van der Waals surface area (Å²) in [5, 5.41) is 18.7. The average molecular weight is 275 g/mol. The molecule has 2 aromatic rings. The van der Waals surface area contributed by atoms with Gasteiger partial charge >= 0.3 is 5.97 Å². The Hall–Kier alpha value is -2.43. The first-order valence-corrected chi connectivity index (χ1v) is 6.42. The molecule has 20 heavy (non-hydrogen) atoms. The van der Waals surface area contributed by atoms with Gasteiger partial charge in [-0.15, -0.1) is 4.73 Å². The van der Waals surface area contributed by atoms with Gasteiger partial charge in [-0.2, -0.15) is 0 Å². The molecule has 0 saturated carbocycles. The number of hydrogen-bond acceptors (Lipinski definition) is 4. The summed E-state index contributed by atoms with van der Waals surface area (Å²) in [6.07, 6.45) is 1.63. The topological polar surface area (TPSA) is 71.7 Å². The number of aryl methyl sites for hydroxylation is 2. The molecule has 0 radical (unpaired) electrons. The first-order valence-electron chi connectivity index (χ1n) is 6.42. The van der Waals surface area contributed by atoms with Crippen LogP contribution in [0.5, 0.6) is 11.8 Å². The number of aromatic hydroxyl groups is 2.